The Morgan fingerprint density at radius 1 is 0.762 bits per heavy atom. The minimum Gasteiger partial charge on any atom is -0.402 e. The molecule has 226 valence electrons. The predicted octanol–water partition coefficient (Wildman–Crippen LogP) is 4.23. The van der Waals surface area contributed by atoms with E-state index in [1.54, 1.807) is 6.07 Å². The van der Waals surface area contributed by atoms with Crippen LogP contribution >= 0.6 is 0 Å². The van der Waals surface area contributed by atoms with E-state index in [1.807, 2.05) is 24.3 Å². The predicted molar refractivity (Wildman–Crippen MR) is 139 cm³/mol. The van der Waals surface area contributed by atoms with Crippen LogP contribution in [0.4, 0.5) is 30.7 Å². The highest BCUT2D eigenvalue weighted by atomic mass is 32.3. The number of hydrogen-bond acceptors (Lipinski definition) is 6. The lowest BCUT2D eigenvalue weighted by atomic mass is 9.72. The summed E-state index contributed by atoms with van der Waals surface area (Å²) in [5, 5.41) is 0. The van der Waals surface area contributed by atoms with Gasteiger partial charge in [-0.15, -0.1) is 0 Å². The Morgan fingerprint density at radius 3 is 1.67 bits per heavy atom. The second kappa shape index (κ2) is 11.6. The number of halogens is 7. The van der Waals surface area contributed by atoms with Crippen LogP contribution in [0.5, 0.6) is 0 Å². The Kier molecular flexibility index (Phi) is 8.82. The number of sulfonamides is 2. The molecule has 2 aliphatic heterocycles. The van der Waals surface area contributed by atoms with Crippen LogP contribution in [0.25, 0.3) is 0 Å². The summed E-state index contributed by atoms with van der Waals surface area (Å²) in [6, 6.07) is 28.0. The third-order valence-electron chi connectivity index (χ3n) is 6.77. The number of alkyl halides is 6. The topological polar surface area (TPSA) is 92.8 Å². The molecular formula is C25H22BF7N2O5S2. The van der Waals surface area contributed by atoms with Crippen molar-refractivity contribution < 1.29 is 52.2 Å². The van der Waals surface area contributed by atoms with Crippen LogP contribution in [0.2, 0.25) is 0 Å². The van der Waals surface area contributed by atoms with Gasteiger partial charge in [0.05, 0.1) is 0 Å². The van der Waals surface area contributed by atoms with Gasteiger partial charge in [-0.1, -0.05) is 83.0 Å². The molecule has 0 amide bonds. The quantitative estimate of drug-likeness (QED) is 0.333. The van der Waals surface area contributed by atoms with Crippen molar-refractivity contribution in [2.24, 2.45) is 0 Å². The lowest BCUT2D eigenvalue weighted by Gasteiger charge is -2.36. The number of nitrogens with zero attached hydrogens (tertiary/aromatic N) is 1. The standard InChI is InChI=1S/C23H21BFNO.C2HF6NO4S2/c25-21-15-8-7-14-20(21)24-26-17-9-16-22(26)23(27-24,18-10-3-1-4-11-18)19-12-5-2-6-13-19;3-1(4,5)14(10,11)9-15(12,13)2(6,7)8/h1-8,10-15,22H,9,16-17H2;9H/t22-;/m0./s1. The molecule has 17 heteroatoms. The lowest BCUT2D eigenvalue weighted by molar-refractivity contribution is -0.0476. The van der Waals surface area contributed by atoms with Crippen molar-refractivity contribution in [3.8, 4) is 0 Å². The molecule has 1 N–H and O–H groups in total. The van der Waals surface area contributed by atoms with Gasteiger partial charge in [0.25, 0.3) is 0 Å². The number of nitrogens with one attached hydrogen (secondary N) is 1. The summed E-state index contributed by atoms with van der Waals surface area (Å²) in [6.07, 6.45) is 2.13. The lowest BCUT2D eigenvalue weighted by Crippen LogP contribution is -2.47. The van der Waals surface area contributed by atoms with Crippen LogP contribution in [-0.2, 0) is 30.3 Å². The largest absolute Gasteiger partial charge is 0.512 e. The van der Waals surface area contributed by atoms with Gasteiger partial charge in [-0.2, -0.15) is 26.3 Å². The van der Waals surface area contributed by atoms with Crippen LogP contribution in [0.3, 0.4) is 0 Å². The molecule has 2 heterocycles. The number of hydrogen-bond donors (Lipinski definition) is 1. The van der Waals surface area contributed by atoms with Crippen LogP contribution in [-0.4, -0.2) is 52.3 Å². The third kappa shape index (κ3) is 6.06. The summed E-state index contributed by atoms with van der Waals surface area (Å²) in [5.41, 5.74) is -10.0. The molecule has 0 saturated carbocycles. The molecule has 0 spiro atoms. The zero-order valence-corrected chi connectivity index (χ0v) is 22.9. The number of fused-ring (bicyclic) bond motifs is 1. The highest BCUT2D eigenvalue weighted by Gasteiger charge is 2.59. The van der Waals surface area contributed by atoms with Crippen molar-refractivity contribution in [2.75, 3.05) is 6.54 Å². The van der Waals surface area contributed by atoms with Crippen molar-refractivity contribution in [2.45, 2.75) is 35.5 Å². The summed E-state index contributed by atoms with van der Waals surface area (Å²) in [4.78, 5) is 2.35. The summed E-state index contributed by atoms with van der Waals surface area (Å²) < 4.78 is 130. The minimum atomic E-state index is -6.60. The van der Waals surface area contributed by atoms with Crippen molar-refractivity contribution in [1.82, 2.24) is 8.94 Å². The molecule has 0 bridgehead atoms. The van der Waals surface area contributed by atoms with Gasteiger partial charge in [-0.3, -0.25) is 0 Å². The van der Waals surface area contributed by atoms with Crippen LogP contribution in [0.15, 0.2) is 84.9 Å². The van der Waals surface area contributed by atoms with E-state index in [0.717, 1.165) is 30.5 Å². The average molecular weight is 638 g/mol. The maximum atomic E-state index is 14.6. The molecule has 2 saturated heterocycles. The number of rotatable bonds is 5. The summed E-state index contributed by atoms with van der Waals surface area (Å²) in [7, 11) is -13.6. The molecule has 1 atom stereocenters. The smallest absolute Gasteiger partial charge is 0.402 e. The fourth-order valence-electron chi connectivity index (χ4n) is 5.04. The van der Waals surface area contributed by atoms with Gasteiger partial charge < -0.3 is 9.47 Å². The second-order valence-electron chi connectivity index (χ2n) is 9.34. The molecule has 5 rings (SSSR count). The third-order valence-corrected chi connectivity index (χ3v) is 9.74. The Balaban J connectivity index is 0.000000233. The van der Waals surface area contributed by atoms with Crippen molar-refractivity contribution in [3.63, 3.8) is 0 Å². The fraction of sp³-hybridized carbons (Fsp3) is 0.280. The van der Waals surface area contributed by atoms with Gasteiger partial charge in [-0.05, 0) is 36.6 Å². The molecule has 7 nitrogen and oxygen atoms in total. The zero-order chi connectivity index (χ0) is 31.0. The summed E-state index contributed by atoms with van der Waals surface area (Å²) >= 11 is 0. The molecule has 0 aromatic heterocycles. The first-order chi connectivity index (χ1) is 19.5. The van der Waals surface area contributed by atoms with E-state index in [2.05, 4.69) is 53.3 Å². The van der Waals surface area contributed by atoms with E-state index in [-0.39, 0.29) is 18.9 Å². The van der Waals surface area contributed by atoms with E-state index in [1.165, 1.54) is 6.07 Å². The minimum absolute atomic E-state index is 0.187. The average Bonchev–Trinajstić information content (AvgIpc) is 3.51. The maximum absolute atomic E-state index is 14.6. The Hall–Kier alpha value is -2.99. The molecule has 0 aliphatic carbocycles. The molecule has 0 unspecified atom stereocenters. The normalized spacial score (nSPS) is 19.2. The highest BCUT2D eigenvalue weighted by Crippen LogP contribution is 2.48. The molecule has 2 fully saturated rings. The van der Waals surface area contributed by atoms with Crippen LogP contribution in [0, 0.1) is 5.82 Å². The Labute approximate surface area is 237 Å². The Morgan fingerprint density at radius 2 is 1.21 bits per heavy atom. The Bertz CT molecular complexity index is 1530. The van der Waals surface area contributed by atoms with Crippen molar-refractivity contribution in [3.05, 3.63) is 102 Å². The molecule has 3 aromatic rings. The van der Waals surface area contributed by atoms with Crippen molar-refractivity contribution >= 4 is 32.6 Å². The fourth-order valence-corrected chi connectivity index (χ4v) is 6.96. The highest BCUT2D eigenvalue weighted by molar-refractivity contribution is 8.05. The second-order valence-corrected chi connectivity index (χ2v) is 12.9. The first-order valence-corrected chi connectivity index (χ1v) is 15.2. The SMILES string of the molecule is Fc1ccccc1B1OC(c2ccccc2)(c2ccccc2)[C@@H]2CCCN12.O=S(=O)(NS(=O)(=O)C(F)(F)F)C(F)(F)F. The zero-order valence-electron chi connectivity index (χ0n) is 21.3. The van der Waals surface area contributed by atoms with Gasteiger partial charge in [0, 0.05) is 11.5 Å². The summed E-state index contributed by atoms with van der Waals surface area (Å²) in [5.74, 6) is -0.204. The van der Waals surface area contributed by atoms with Gasteiger partial charge in [0.1, 0.15) is 11.4 Å². The molecular weight excluding hydrogens is 616 g/mol. The van der Waals surface area contributed by atoms with Crippen molar-refractivity contribution in [1.29, 1.82) is 0 Å². The van der Waals surface area contributed by atoms with Gasteiger partial charge in [-0.25, -0.2) is 21.2 Å². The van der Waals surface area contributed by atoms with Crippen LogP contribution < -0.4 is 9.59 Å². The summed E-state index contributed by atoms with van der Waals surface area (Å²) in [6.45, 7) is 0.922. The van der Waals surface area contributed by atoms with Gasteiger partial charge >= 0.3 is 38.1 Å². The first kappa shape index (κ1) is 31.9. The van der Waals surface area contributed by atoms with E-state index in [9.17, 15) is 47.6 Å². The van der Waals surface area contributed by atoms with E-state index in [0.29, 0.717) is 5.46 Å². The first-order valence-electron chi connectivity index (χ1n) is 12.2. The maximum Gasteiger partial charge on any atom is 0.512 e. The monoisotopic (exact) mass is 638 g/mol. The van der Waals surface area contributed by atoms with E-state index >= 15 is 0 Å². The molecule has 3 aromatic carbocycles. The van der Waals surface area contributed by atoms with Gasteiger partial charge in [0.2, 0.25) is 0 Å². The molecule has 2 aliphatic rings. The van der Waals surface area contributed by atoms with E-state index in [4.69, 9.17) is 4.65 Å². The van der Waals surface area contributed by atoms with Gasteiger partial charge in [0.15, 0.2) is 0 Å². The van der Waals surface area contributed by atoms with E-state index < -0.39 is 40.8 Å². The van der Waals surface area contributed by atoms with Crippen LogP contribution in [0.1, 0.15) is 24.0 Å². The molecule has 0 radical (unpaired) electrons. The number of benzene rings is 3. The molecule has 42 heavy (non-hydrogen) atoms.